The lowest BCUT2D eigenvalue weighted by Gasteiger charge is -2.13. The maximum absolute atomic E-state index is 13.6. The van der Waals surface area contributed by atoms with Crippen LogP contribution in [-0.2, 0) is 0 Å². The third kappa shape index (κ3) is 2.36. The van der Waals surface area contributed by atoms with Crippen LogP contribution in [0.4, 0.5) is 22.0 Å². The first-order valence-corrected chi connectivity index (χ1v) is 6.81. The fraction of sp³-hybridized carbons (Fsp3) is 0.167. The molecule has 1 aromatic carbocycles. The van der Waals surface area contributed by atoms with Crippen LogP contribution in [0.1, 0.15) is 22.1 Å². The van der Waals surface area contributed by atoms with Crippen LogP contribution in [0.3, 0.4) is 0 Å². The van der Waals surface area contributed by atoms with Crippen molar-refractivity contribution in [3.63, 3.8) is 0 Å². The van der Waals surface area contributed by atoms with Crippen molar-refractivity contribution in [2.75, 3.05) is 0 Å². The van der Waals surface area contributed by atoms with Gasteiger partial charge in [-0.05, 0) is 34.5 Å². The summed E-state index contributed by atoms with van der Waals surface area (Å²) in [6.07, 6.45) is -1.94. The molecule has 108 valence electrons. The highest BCUT2D eigenvalue weighted by Gasteiger charge is 2.31. The van der Waals surface area contributed by atoms with Gasteiger partial charge in [-0.15, -0.1) is 11.3 Å². The molecule has 0 bridgehead atoms. The van der Waals surface area contributed by atoms with Crippen molar-refractivity contribution in [2.45, 2.75) is 13.0 Å². The summed E-state index contributed by atoms with van der Waals surface area (Å²) in [6.45, 7) is 1.66. The normalized spacial score (nSPS) is 12.8. The van der Waals surface area contributed by atoms with Crippen molar-refractivity contribution >= 4 is 27.3 Å². The van der Waals surface area contributed by atoms with E-state index in [4.69, 9.17) is 0 Å². The van der Waals surface area contributed by atoms with Gasteiger partial charge in [-0.2, -0.15) is 0 Å². The Labute approximate surface area is 122 Å². The molecule has 0 amide bonds. The van der Waals surface area contributed by atoms with Crippen LogP contribution in [-0.4, -0.2) is 5.11 Å². The Morgan fingerprint density at radius 1 is 1.00 bits per heavy atom. The largest absolute Gasteiger partial charge is 0.383 e. The van der Waals surface area contributed by atoms with Gasteiger partial charge in [-0.3, -0.25) is 0 Å². The molecule has 20 heavy (non-hydrogen) atoms. The first-order chi connectivity index (χ1) is 9.25. The van der Waals surface area contributed by atoms with E-state index in [2.05, 4.69) is 15.9 Å². The number of hydrogen-bond donors (Lipinski definition) is 1. The Morgan fingerprint density at radius 3 is 1.85 bits per heavy atom. The number of thiophene rings is 1. The summed E-state index contributed by atoms with van der Waals surface area (Å²) >= 11 is 4.09. The van der Waals surface area contributed by atoms with Gasteiger partial charge >= 0.3 is 0 Å². The molecule has 0 radical (unpaired) electrons. The summed E-state index contributed by atoms with van der Waals surface area (Å²) in [5.74, 6) is -10.5. The molecule has 0 spiro atoms. The van der Waals surface area contributed by atoms with Crippen molar-refractivity contribution in [3.05, 3.63) is 54.9 Å². The van der Waals surface area contributed by atoms with E-state index in [9.17, 15) is 27.1 Å². The van der Waals surface area contributed by atoms with Crippen molar-refractivity contribution in [1.29, 1.82) is 0 Å². The average Bonchev–Trinajstić information content (AvgIpc) is 2.74. The number of halogens is 6. The summed E-state index contributed by atoms with van der Waals surface area (Å²) in [5.41, 5.74) is -0.580. The minimum absolute atomic E-state index is 0.0672. The van der Waals surface area contributed by atoms with E-state index in [1.165, 1.54) is 6.07 Å². The van der Waals surface area contributed by atoms with Gasteiger partial charge in [-0.25, -0.2) is 22.0 Å². The lowest BCUT2D eigenvalue weighted by Crippen LogP contribution is -2.11. The van der Waals surface area contributed by atoms with Gasteiger partial charge in [-0.1, -0.05) is 0 Å². The number of rotatable bonds is 2. The summed E-state index contributed by atoms with van der Waals surface area (Å²) in [7, 11) is 0. The SMILES string of the molecule is Cc1cc(C(O)c2c(F)c(F)c(F)c(F)c2F)sc1Br. The van der Waals surface area contributed by atoms with Crippen LogP contribution in [0.5, 0.6) is 0 Å². The van der Waals surface area contributed by atoms with E-state index in [0.29, 0.717) is 9.35 Å². The molecule has 1 N–H and O–H groups in total. The third-order valence-corrected chi connectivity index (χ3v) is 4.85. The Morgan fingerprint density at radius 2 is 1.45 bits per heavy atom. The molecule has 0 aliphatic rings. The van der Waals surface area contributed by atoms with Crippen LogP contribution in [0.15, 0.2) is 9.85 Å². The molecule has 1 unspecified atom stereocenters. The lowest BCUT2D eigenvalue weighted by molar-refractivity contribution is 0.206. The maximum atomic E-state index is 13.6. The Bertz CT molecular complexity index is 636. The summed E-state index contributed by atoms with van der Waals surface area (Å²) in [4.78, 5) is 0.0672. The molecule has 0 aliphatic carbocycles. The monoisotopic (exact) mass is 372 g/mol. The first kappa shape index (κ1) is 15.4. The number of aliphatic hydroxyl groups excluding tert-OH is 1. The highest BCUT2D eigenvalue weighted by atomic mass is 79.9. The van der Waals surface area contributed by atoms with E-state index >= 15 is 0 Å². The highest BCUT2D eigenvalue weighted by molar-refractivity contribution is 9.11. The van der Waals surface area contributed by atoms with Gasteiger partial charge in [0.25, 0.3) is 0 Å². The Balaban J connectivity index is 2.63. The quantitative estimate of drug-likeness (QED) is 0.464. The molecule has 1 atom stereocenters. The second-order valence-electron chi connectivity index (χ2n) is 3.99. The third-order valence-electron chi connectivity index (χ3n) is 2.66. The molecule has 2 rings (SSSR count). The molecule has 8 heteroatoms. The molecular weight excluding hydrogens is 367 g/mol. The Hall–Kier alpha value is -0.990. The second kappa shape index (κ2) is 5.42. The van der Waals surface area contributed by atoms with Gasteiger partial charge in [0.15, 0.2) is 23.3 Å². The Kier molecular flexibility index (Phi) is 4.17. The van der Waals surface area contributed by atoms with E-state index in [-0.39, 0.29) is 4.88 Å². The molecule has 1 aromatic heterocycles. The van der Waals surface area contributed by atoms with E-state index in [1.807, 2.05) is 0 Å². The van der Waals surface area contributed by atoms with Crippen molar-refractivity contribution in [3.8, 4) is 0 Å². The molecule has 0 aliphatic heterocycles. The van der Waals surface area contributed by atoms with Crippen LogP contribution in [0.25, 0.3) is 0 Å². The van der Waals surface area contributed by atoms with Crippen LogP contribution >= 0.6 is 27.3 Å². The number of hydrogen-bond acceptors (Lipinski definition) is 2. The second-order valence-corrected chi connectivity index (χ2v) is 6.39. The van der Waals surface area contributed by atoms with Crippen molar-refractivity contribution < 1.29 is 27.1 Å². The maximum Gasteiger partial charge on any atom is 0.200 e. The molecule has 1 nitrogen and oxygen atoms in total. The van der Waals surface area contributed by atoms with Crippen LogP contribution in [0.2, 0.25) is 0 Å². The van der Waals surface area contributed by atoms with E-state index < -0.39 is 40.8 Å². The molecule has 1 heterocycles. The summed E-state index contributed by atoms with van der Waals surface area (Å²) in [6, 6.07) is 1.40. The van der Waals surface area contributed by atoms with E-state index in [1.54, 1.807) is 6.92 Å². The first-order valence-electron chi connectivity index (χ1n) is 5.21. The smallest absolute Gasteiger partial charge is 0.200 e. The predicted molar refractivity (Wildman–Crippen MR) is 67.0 cm³/mol. The van der Waals surface area contributed by atoms with E-state index in [0.717, 1.165) is 11.3 Å². The lowest BCUT2D eigenvalue weighted by atomic mass is 10.1. The highest BCUT2D eigenvalue weighted by Crippen LogP contribution is 2.37. The van der Waals surface area contributed by atoms with Gasteiger partial charge in [0.05, 0.1) is 9.35 Å². The van der Waals surface area contributed by atoms with Gasteiger partial charge in [0.2, 0.25) is 5.82 Å². The average molecular weight is 373 g/mol. The zero-order valence-electron chi connectivity index (χ0n) is 9.78. The van der Waals surface area contributed by atoms with Gasteiger partial charge < -0.3 is 5.11 Å². The molecule has 0 saturated carbocycles. The van der Waals surface area contributed by atoms with Gasteiger partial charge in [0, 0.05) is 4.88 Å². The van der Waals surface area contributed by atoms with Crippen molar-refractivity contribution in [1.82, 2.24) is 0 Å². The fourth-order valence-electron chi connectivity index (χ4n) is 1.62. The molecular formula is C12H6BrF5OS. The van der Waals surface area contributed by atoms with Crippen LogP contribution < -0.4 is 0 Å². The number of aryl methyl sites for hydroxylation is 1. The fourth-order valence-corrected chi connectivity index (χ4v) is 3.19. The number of aliphatic hydroxyl groups is 1. The molecule has 0 fully saturated rings. The predicted octanol–water partition coefficient (Wildman–Crippen LogP) is 4.60. The number of benzene rings is 1. The van der Waals surface area contributed by atoms with Crippen LogP contribution in [0, 0.1) is 36.0 Å². The zero-order valence-corrected chi connectivity index (χ0v) is 12.2. The standard InChI is InChI=1S/C12H6BrF5OS/c1-3-2-4(20-12(3)13)11(19)5-6(14)8(16)10(18)9(17)7(5)15/h2,11,19H,1H3. The minimum Gasteiger partial charge on any atom is -0.383 e. The summed E-state index contributed by atoms with van der Waals surface area (Å²) < 4.78 is 66.8. The molecule has 0 saturated heterocycles. The van der Waals surface area contributed by atoms with Gasteiger partial charge in [0.1, 0.15) is 6.10 Å². The van der Waals surface area contributed by atoms with Crippen molar-refractivity contribution in [2.24, 2.45) is 0 Å². The minimum atomic E-state index is -2.25. The topological polar surface area (TPSA) is 20.2 Å². The molecule has 2 aromatic rings. The zero-order chi connectivity index (χ0) is 15.2. The summed E-state index contributed by atoms with van der Waals surface area (Å²) in [5, 5.41) is 9.88.